The van der Waals surface area contributed by atoms with Crippen molar-refractivity contribution in [3.05, 3.63) is 53.9 Å². The summed E-state index contributed by atoms with van der Waals surface area (Å²) in [5, 5.41) is 6.63. The smallest absolute Gasteiger partial charge is 0.216 e. The zero-order chi connectivity index (χ0) is 15.7. The van der Waals surface area contributed by atoms with Crippen LogP contribution in [0, 0.1) is 0 Å². The van der Waals surface area contributed by atoms with Crippen LogP contribution in [0.1, 0.15) is 36.9 Å². The number of nitrogens with one attached hydrogen (secondary N) is 1. The standard InChI is InChI=1S/C16H21N3O2S/c1-12(2)22(20,21)19-10-14(13-6-4-3-5-7-13)15(11-19)16-8-9-17-18-16/h3-9,12,14-15H,10-11H2,1-2H3,(H,17,18)/t14-,15+/m0/s1. The zero-order valence-corrected chi connectivity index (χ0v) is 13.6. The first-order valence-corrected chi connectivity index (χ1v) is 9.03. The molecule has 1 aliphatic rings. The largest absolute Gasteiger partial charge is 0.282 e. The van der Waals surface area contributed by atoms with Gasteiger partial charge in [-0.05, 0) is 25.5 Å². The van der Waals surface area contributed by atoms with Crippen LogP contribution < -0.4 is 0 Å². The summed E-state index contributed by atoms with van der Waals surface area (Å²) in [5.41, 5.74) is 2.17. The van der Waals surface area contributed by atoms with E-state index >= 15 is 0 Å². The van der Waals surface area contributed by atoms with Gasteiger partial charge in [0, 0.05) is 36.8 Å². The van der Waals surface area contributed by atoms with E-state index < -0.39 is 15.3 Å². The number of rotatable bonds is 4. The Morgan fingerprint density at radius 1 is 1.14 bits per heavy atom. The molecule has 0 aliphatic carbocycles. The second kappa shape index (κ2) is 5.85. The second-order valence-electron chi connectivity index (χ2n) is 6.05. The number of aromatic nitrogens is 2. The number of nitrogens with zero attached hydrogens (tertiary/aromatic N) is 2. The number of sulfonamides is 1. The van der Waals surface area contributed by atoms with Crippen LogP contribution in [0.4, 0.5) is 0 Å². The molecule has 2 atom stereocenters. The van der Waals surface area contributed by atoms with Gasteiger partial charge in [0.05, 0.1) is 5.25 Å². The van der Waals surface area contributed by atoms with Crippen LogP contribution in [0.25, 0.3) is 0 Å². The molecule has 1 aromatic carbocycles. The highest BCUT2D eigenvalue weighted by Gasteiger charge is 2.41. The maximum Gasteiger partial charge on any atom is 0.216 e. The molecule has 2 aromatic rings. The minimum atomic E-state index is -3.24. The van der Waals surface area contributed by atoms with Crippen LogP contribution in [0.15, 0.2) is 42.6 Å². The Bertz CT molecular complexity index is 711. The number of H-pyrrole nitrogens is 1. The van der Waals surface area contributed by atoms with E-state index in [-0.39, 0.29) is 11.8 Å². The molecule has 1 fully saturated rings. The van der Waals surface area contributed by atoms with E-state index in [4.69, 9.17) is 0 Å². The predicted molar refractivity (Wildman–Crippen MR) is 86.1 cm³/mol. The monoisotopic (exact) mass is 319 g/mol. The van der Waals surface area contributed by atoms with E-state index in [1.165, 1.54) is 5.56 Å². The van der Waals surface area contributed by atoms with Gasteiger partial charge in [-0.3, -0.25) is 5.10 Å². The lowest BCUT2D eigenvalue weighted by Gasteiger charge is -2.19. The molecule has 1 aromatic heterocycles. The molecule has 0 saturated carbocycles. The maximum atomic E-state index is 12.5. The quantitative estimate of drug-likeness (QED) is 0.940. The van der Waals surface area contributed by atoms with Gasteiger partial charge in [-0.1, -0.05) is 30.3 Å². The predicted octanol–water partition coefficient (Wildman–Crippen LogP) is 2.33. The van der Waals surface area contributed by atoms with Crippen molar-refractivity contribution in [3.63, 3.8) is 0 Å². The highest BCUT2D eigenvalue weighted by Crippen LogP contribution is 2.40. The fraction of sp³-hybridized carbons (Fsp3) is 0.438. The molecule has 22 heavy (non-hydrogen) atoms. The van der Waals surface area contributed by atoms with Crippen molar-refractivity contribution in [2.75, 3.05) is 13.1 Å². The Balaban J connectivity index is 1.96. The van der Waals surface area contributed by atoms with Crippen molar-refractivity contribution in [3.8, 4) is 0 Å². The lowest BCUT2D eigenvalue weighted by molar-refractivity contribution is 0.463. The second-order valence-corrected chi connectivity index (χ2v) is 8.54. The molecule has 0 amide bonds. The fourth-order valence-electron chi connectivity index (χ4n) is 3.10. The summed E-state index contributed by atoms with van der Waals surface area (Å²) in [5.74, 6) is 0.258. The Labute approximate surface area is 131 Å². The van der Waals surface area contributed by atoms with E-state index in [2.05, 4.69) is 22.3 Å². The molecule has 3 rings (SSSR count). The number of hydrogen-bond donors (Lipinski definition) is 1. The molecule has 6 heteroatoms. The zero-order valence-electron chi connectivity index (χ0n) is 12.8. The first kappa shape index (κ1) is 15.2. The maximum absolute atomic E-state index is 12.5. The summed E-state index contributed by atoms with van der Waals surface area (Å²) < 4.78 is 26.7. The van der Waals surface area contributed by atoms with Crippen molar-refractivity contribution in [2.24, 2.45) is 0 Å². The van der Waals surface area contributed by atoms with Crippen molar-refractivity contribution in [2.45, 2.75) is 30.9 Å². The number of aromatic amines is 1. The van der Waals surface area contributed by atoms with E-state index in [0.29, 0.717) is 13.1 Å². The molecule has 1 saturated heterocycles. The van der Waals surface area contributed by atoms with Crippen LogP contribution >= 0.6 is 0 Å². The Hall–Kier alpha value is -1.66. The molecule has 0 radical (unpaired) electrons. The SMILES string of the molecule is CC(C)S(=O)(=O)N1C[C@@H](c2ccccc2)[C@H](c2ccn[nH]2)C1. The van der Waals surface area contributed by atoms with Crippen molar-refractivity contribution in [1.82, 2.24) is 14.5 Å². The van der Waals surface area contributed by atoms with E-state index in [1.807, 2.05) is 24.3 Å². The molecule has 2 heterocycles. The van der Waals surface area contributed by atoms with Crippen LogP contribution in [0.2, 0.25) is 0 Å². The summed E-state index contributed by atoms with van der Waals surface area (Å²) in [6.07, 6.45) is 1.72. The van der Waals surface area contributed by atoms with Gasteiger partial charge in [0.15, 0.2) is 0 Å². The minimum Gasteiger partial charge on any atom is -0.282 e. The first-order chi connectivity index (χ1) is 10.5. The van der Waals surface area contributed by atoms with Crippen LogP contribution in [0.3, 0.4) is 0 Å². The van der Waals surface area contributed by atoms with E-state index in [1.54, 1.807) is 24.3 Å². The fourth-order valence-corrected chi connectivity index (χ4v) is 4.43. The van der Waals surface area contributed by atoms with E-state index in [0.717, 1.165) is 5.69 Å². The molecule has 0 bridgehead atoms. The molecule has 0 unspecified atom stereocenters. The van der Waals surface area contributed by atoms with Gasteiger partial charge < -0.3 is 0 Å². The Morgan fingerprint density at radius 2 is 1.82 bits per heavy atom. The van der Waals surface area contributed by atoms with Gasteiger partial charge in [-0.15, -0.1) is 0 Å². The summed E-state index contributed by atoms with van der Waals surface area (Å²) in [6, 6.07) is 12.1. The minimum absolute atomic E-state index is 0.110. The molecule has 118 valence electrons. The highest BCUT2D eigenvalue weighted by atomic mass is 32.2. The summed E-state index contributed by atoms with van der Waals surface area (Å²) in [4.78, 5) is 0. The van der Waals surface area contributed by atoms with Crippen LogP contribution in [-0.4, -0.2) is 41.3 Å². The lowest BCUT2D eigenvalue weighted by atomic mass is 9.87. The van der Waals surface area contributed by atoms with Crippen molar-refractivity contribution in [1.29, 1.82) is 0 Å². The molecule has 1 aliphatic heterocycles. The third kappa shape index (κ3) is 2.68. The Morgan fingerprint density at radius 3 is 2.41 bits per heavy atom. The molecule has 0 spiro atoms. The molecular weight excluding hydrogens is 298 g/mol. The topological polar surface area (TPSA) is 66.1 Å². The highest BCUT2D eigenvalue weighted by molar-refractivity contribution is 7.89. The van der Waals surface area contributed by atoms with Gasteiger partial charge >= 0.3 is 0 Å². The molecule has 1 N–H and O–H groups in total. The summed E-state index contributed by atoms with van der Waals surface area (Å²) in [6.45, 7) is 4.49. The van der Waals surface area contributed by atoms with Gasteiger partial charge in [-0.25, -0.2) is 12.7 Å². The Kier molecular flexibility index (Phi) is 4.06. The molecule has 5 nitrogen and oxygen atoms in total. The number of hydrogen-bond acceptors (Lipinski definition) is 3. The van der Waals surface area contributed by atoms with Crippen LogP contribution in [-0.2, 0) is 10.0 Å². The van der Waals surface area contributed by atoms with Crippen molar-refractivity contribution >= 4 is 10.0 Å². The summed E-state index contributed by atoms with van der Waals surface area (Å²) in [7, 11) is -3.24. The average molecular weight is 319 g/mol. The van der Waals surface area contributed by atoms with Gasteiger partial charge in [0.1, 0.15) is 0 Å². The third-order valence-corrected chi connectivity index (χ3v) is 6.60. The molecular formula is C16H21N3O2S. The first-order valence-electron chi connectivity index (χ1n) is 7.53. The van der Waals surface area contributed by atoms with E-state index in [9.17, 15) is 8.42 Å². The number of benzene rings is 1. The third-order valence-electron chi connectivity index (χ3n) is 4.39. The van der Waals surface area contributed by atoms with Gasteiger partial charge in [-0.2, -0.15) is 5.10 Å². The summed E-state index contributed by atoms with van der Waals surface area (Å²) >= 11 is 0. The van der Waals surface area contributed by atoms with Gasteiger partial charge in [0.2, 0.25) is 10.0 Å². The normalized spacial score (nSPS) is 23.2. The van der Waals surface area contributed by atoms with Crippen LogP contribution in [0.5, 0.6) is 0 Å². The van der Waals surface area contributed by atoms with Gasteiger partial charge in [0.25, 0.3) is 0 Å². The lowest BCUT2D eigenvalue weighted by Crippen LogP contribution is -2.34. The average Bonchev–Trinajstić information content (AvgIpc) is 3.17. The van der Waals surface area contributed by atoms with Crippen molar-refractivity contribution < 1.29 is 8.42 Å².